The third kappa shape index (κ3) is 1.99. The molecule has 118 valence electrons. The summed E-state index contributed by atoms with van der Waals surface area (Å²) in [5, 5.41) is 11.7. The van der Waals surface area contributed by atoms with Gasteiger partial charge in [-0.3, -0.25) is 9.69 Å². The van der Waals surface area contributed by atoms with Gasteiger partial charge in [-0.25, -0.2) is 0 Å². The minimum atomic E-state index is -1.51. The molecular weight excluding hydrogens is 298 g/mol. The van der Waals surface area contributed by atoms with Crippen molar-refractivity contribution in [2.45, 2.75) is 12.6 Å². The SMILES string of the molecule is Cc1ccc(C2(O)c3ccccc3C(=O)N2c2ccccc2)cc1. The molecule has 1 heterocycles. The zero-order valence-corrected chi connectivity index (χ0v) is 13.3. The van der Waals surface area contributed by atoms with E-state index < -0.39 is 5.72 Å². The van der Waals surface area contributed by atoms with Crippen LogP contribution < -0.4 is 4.90 Å². The molecule has 3 nitrogen and oxygen atoms in total. The van der Waals surface area contributed by atoms with Gasteiger partial charge in [-0.15, -0.1) is 0 Å². The Bertz CT molecular complexity index is 903. The van der Waals surface area contributed by atoms with E-state index in [2.05, 4.69) is 0 Å². The fourth-order valence-electron chi connectivity index (χ4n) is 3.31. The number of amides is 1. The molecule has 24 heavy (non-hydrogen) atoms. The van der Waals surface area contributed by atoms with Crippen LogP contribution in [0.5, 0.6) is 0 Å². The van der Waals surface area contributed by atoms with Crippen molar-refractivity contribution in [1.29, 1.82) is 0 Å². The lowest BCUT2D eigenvalue weighted by Crippen LogP contribution is -2.45. The number of aryl methyl sites for hydroxylation is 1. The van der Waals surface area contributed by atoms with Gasteiger partial charge in [0.2, 0.25) is 0 Å². The summed E-state index contributed by atoms with van der Waals surface area (Å²) < 4.78 is 0. The van der Waals surface area contributed by atoms with Gasteiger partial charge in [-0.1, -0.05) is 66.2 Å². The first-order valence-corrected chi connectivity index (χ1v) is 7.91. The number of hydrogen-bond acceptors (Lipinski definition) is 2. The number of carbonyl (C=O) groups is 1. The van der Waals surface area contributed by atoms with Gasteiger partial charge in [0.25, 0.3) is 5.91 Å². The average Bonchev–Trinajstić information content (AvgIpc) is 2.85. The van der Waals surface area contributed by atoms with Crippen LogP contribution in [-0.4, -0.2) is 11.0 Å². The highest BCUT2D eigenvalue weighted by Crippen LogP contribution is 2.44. The molecular formula is C21H17NO2. The highest BCUT2D eigenvalue weighted by Gasteiger charge is 2.50. The minimum absolute atomic E-state index is 0.195. The molecule has 1 aliphatic heterocycles. The Morgan fingerprint density at radius 3 is 2.17 bits per heavy atom. The van der Waals surface area contributed by atoms with Crippen LogP contribution >= 0.6 is 0 Å². The lowest BCUT2D eigenvalue weighted by molar-refractivity contribution is 0.0703. The number of fused-ring (bicyclic) bond motifs is 1. The molecule has 1 amide bonds. The number of nitrogens with zero attached hydrogens (tertiary/aromatic N) is 1. The predicted octanol–water partition coefficient (Wildman–Crippen LogP) is 3.85. The molecule has 0 saturated heterocycles. The number of benzene rings is 3. The van der Waals surface area contributed by atoms with E-state index in [1.807, 2.05) is 79.7 Å². The van der Waals surface area contributed by atoms with Crippen LogP contribution in [-0.2, 0) is 5.72 Å². The number of para-hydroxylation sites is 1. The van der Waals surface area contributed by atoms with Gasteiger partial charge in [-0.05, 0) is 25.1 Å². The van der Waals surface area contributed by atoms with Crippen molar-refractivity contribution < 1.29 is 9.90 Å². The standard InChI is InChI=1S/C21H17NO2/c1-15-11-13-16(14-12-15)21(24)19-10-6-5-9-18(19)20(23)22(21)17-7-3-2-4-8-17/h2-14,24H,1H3. The van der Waals surface area contributed by atoms with Crippen LogP contribution in [0.3, 0.4) is 0 Å². The summed E-state index contributed by atoms with van der Waals surface area (Å²) in [6.45, 7) is 2.00. The van der Waals surface area contributed by atoms with E-state index in [0.717, 1.165) is 5.56 Å². The Balaban J connectivity index is 1.99. The Kier molecular flexibility index (Phi) is 3.25. The third-order valence-corrected chi connectivity index (χ3v) is 4.53. The number of carbonyl (C=O) groups excluding carboxylic acids is 1. The lowest BCUT2D eigenvalue weighted by atomic mass is 9.93. The van der Waals surface area contributed by atoms with Crippen molar-refractivity contribution in [2.24, 2.45) is 0 Å². The summed E-state index contributed by atoms with van der Waals surface area (Å²) in [6, 6.07) is 24.2. The summed E-state index contributed by atoms with van der Waals surface area (Å²) >= 11 is 0. The highest BCUT2D eigenvalue weighted by molar-refractivity contribution is 6.12. The zero-order chi connectivity index (χ0) is 16.7. The molecule has 4 rings (SSSR count). The van der Waals surface area contributed by atoms with Gasteiger partial charge in [0.15, 0.2) is 5.72 Å². The van der Waals surface area contributed by atoms with Gasteiger partial charge in [-0.2, -0.15) is 0 Å². The fraction of sp³-hybridized carbons (Fsp3) is 0.0952. The molecule has 1 N–H and O–H groups in total. The second kappa shape index (κ2) is 5.32. The summed E-state index contributed by atoms with van der Waals surface area (Å²) in [7, 11) is 0. The molecule has 0 radical (unpaired) electrons. The van der Waals surface area contributed by atoms with Crippen molar-refractivity contribution in [3.05, 3.63) is 101 Å². The molecule has 0 aliphatic carbocycles. The van der Waals surface area contributed by atoms with E-state index >= 15 is 0 Å². The average molecular weight is 315 g/mol. The van der Waals surface area contributed by atoms with E-state index in [9.17, 15) is 9.90 Å². The summed E-state index contributed by atoms with van der Waals surface area (Å²) in [5.41, 5.74) is 2.08. The van der Waals surface area contributed by atoms with Crippen LogP contribution in [0.4, 0.5) is 5.69 Å². The van der Waals surface area contributed by atoms with E-state index in [0.29, 0.717) is 22.4 Å². The molecule has 0 saturated carbocycles. The molecule has 3 aromatic carbocycles. The third-order valence-electron chi connectivity index (χ3n) is 4.53. The van der Waals surface area contributed by atoms with Gasteiger partial charge in [0.1, 0.15) is 0 Å². The van der Waals surface area contributed by atoms with Gasteiger partial charge < -0.3 is 5.11 Å². The Hall–Kier alpha value is -2.91. The molecule has 0 aromatic heterocycles. The normalized spacial score (nSPS) is 19.4. The summed E-state index contributed by atoms with van der Waals surface area (Å²) in [6.07, 6.45) is 0. The fourth-order valence-corrected chi connectivity index (χ4v) is 3.31. The second-order valence-electron chi connectivity index (χ2n) is 6.06. The van der Waals surface area contributed by atoms with Gasteiger partial charge in [0, 0.05) is 22.4 Å². The van der Waals surface area contributed by atoms with Gasteiger partial charge >= 0.3 is 0 Å². The summed E-state index contributed by atoms with van der Waals surface area (Å²) in [5.74, 6) is -0.195. The first-order valence-electron chi connectivity index (χ1n) is 7.91. The maximum absolute atomic E-state index is 13.0. The molecule has 1 unspecified atom stereocenters. The van der Waals surface area contributed by atoms with Crippen molar-refractivity contribution in [2.75, 3.05) is 4.90 Å². The van der Waals surface area contributed by atoms with Crippen LogP contribution in [0.25, 0.3) is 0 Å². The molecule has 3 heteroatoms. The number of anilines is 1. The van der Waals surface area contributed by atoms with Crippen LogP contribution in [0.2, 0.25) is 0 Å². The smallest absolute Gasteiger partial charge is 0.261 e. The van der Waals surface area contributed by atoms with Crippen molar-refractivity contribution in [3.63, 3.8) is 0 Å². The van der Waals surface area contributed by atoms with Crippen molar-refractivity contribution in [3.8, 4) is 0 Å². The zero-order valence-electron chi connectivity index (χ0n) is 13.3. The molecule has 3 aromatic rings. The van der Waals surface area contributed by atoms with Crippen LogP contribution in [0.15, 0.2) is 78.9 Å². The number of rotatable bonds is 2. The Morgan fingerprint density at radius 1 is 0.833 bits per heavy atom. The maximum atomic E-state index is 13.0. The molecule has 1 atom stereocenters. The molecule has 0 bridgehead atoms. The maximum Gasteiger partial charge on any atom is 0.261 e. The first kappa shape index (κ1) is 14.7. The Labute approximate surface area is 140 Å². The topological polar surface area (TPSA) is 40.5 Å². The largest absolute Gasteiger partial charge is 0.363 e. The Morgan fingerprint density at radius 2 is 1.46 bits per heavy atom. The predicted molar refractivity (Wildman–Crippen MR) is 93.9 cm³/mol. The van der Waals surface area contributed by atoms with Crippen molar-refractivity contribution in [1.82, 2.24) is 0 Å². The highest BCUT2D eigenvalue weighted by atomic mass is 16.3. The number of aliphatic hydroxyl groups is 1. The minimum Gasteiger partial charge on any atom is -0.363 e. The van der Waals surface area contributed by atoms with E-state index in [1.54, 1.807) is 6.07 Å². The molecule has 0 fully saturated rings. The van der Waals surface area contributed by atoms with E-state index in [1.165, 1.54) is 4.90 Å². The van der Waals surface area contributed by atoms with E-state index in [4.69, 9.17) is 0 Å². The molecule has 1 aliphatic rings. The van der Waals surface area contributed by atoms with Gasteiger partial charge in [0.05, 0.1) is 0 Å². The first-order chi connectivity index (χ1) is 11.6. The lowest BCUT2D eigenvalue weighted by Gasteiger charge is -2.35. The van der Waals surface area contributed by atoms with Crippen LogP contribution in [0.1, 0.15) is 27.0 Å². The van der Waals surface area contributed by atoms with Crippen LogP contribution in [0, 0.1) is 6.92 Å². The van der Waals surface area contributed by atoms with E-state index in [-0.39, 0.29) is 5.91 Å². The second-order valence-corrected chi connectivity index (χ2v) is 6.06. The monoisotopic (exact) mass is 315 g/mol. The number of hydrogen-bond donors (Lipinski definition) is 1. The molecule has 0 spiro atoms. The summed E-state index contributed by atoms with van der Waals surface area (Å²) in [4.78, 5) is 14.5. The quantitative estimate of drug-likeness (QED) is 0.780. The van der Waals surface area contributed by atoms with Crippen molar-refractivity contribution >= 4 is 11.6 Å².